The third-order valence-electron chi connectivity index (χ3n) is 5.55. The average molecular weight is 435 g/mol. The summed E-state index contributed by atoms with van der Waals surface area (Å²) >= 11 is 0. The number of rotatable bonds is 5. The van der Waals surface area contributed by atoms with Crippen molar-refractivity contribution in [2.75, 3.05) is 38.2 Å². The molecule has 0 aliphatic carbocycles. The minimum Gasteiger partial charge on any atom is -0.378 e. The summed E-state index contributed by atoms with van der Waals surface area (Å²) in [6.07, 6.45) is 0. The maximum Gasteiger partial charge on any atom is 0.319 e. The summed E-state index contributed by atoms with van der Waals surface area (Å²) in [6, 6.07) is 13.6. The van der Waals surface area contributed by atoms with Crippen molar-refractivity contribution in [2.24, 2.45) is 5.92 Å². The summed E-state index contributed by atoms with van der Waals surface area (Å²) in [6.45, 7) is 8.86. The van der Waals surface area contributed by atoms with Crippen LogP contribution in [-0.2, 0) is 4.74 Å². The van der Waals surface area contributed by atoms with Gasteiger partial charge in [-0.1, -0.05) is 44.2 Å². The van der Waals surface area contributed by atoms with Gasteiger partial charge in [0.05, 0.1) is 24.4 Å². The lowest BCUT2D eigenvalue weighted by Crippen LogP contribution is -2.41. The molecule has 2 aromatic carbocycles. The normalized spacial score (nSPS) is 14.1. The Balaban J connectivity index is 1.81. The average Bonchev–Trinajstić information content (AvgIpc) is 3.18. The van der Waals surface area contributed by atoms with Crippen molar-refractivity contribution in [3.63, 3.8) is 0 Å². The van der Waals surface area contributed by atoms with Gasteiger partial charge in [0.25, 0.3) is 5.91 Å². The fourth-order valence-electron chi connectivity index (χ4n) is 3.99. The summed E-state index contributed by atoms with van der Waals surface area (Å²) < 4.78 is 5.42. The number of hydrogen-bond acceptors (Lipinski definition) is 3. The number of carbonyl (C=O) groups is 2. The topological polar surface area (TPSA) is 86.5 Å². The van der Waals surface area contributed by atoms with Gasteiger partial charge in [0.15, 0.2) is 0 Å². The van der Waals surface area contributed by atoms with E-state index in [4.69, 9.17) is 4.74 Å². The Hall–Kier alpha value is -3.32. The number of carbonyl (C=O) groups excluding carboxylic acids is 2. The molecule has 0 radical (unpaired) electrons. The molecule has 32 heavy (non-hydrogen) atoms. The Kier molecular flexibility index (Phi) is 6.46. The van der Waals surface area contributed by atoms with Gasteiger partial charge in [0.1, 0.15) is 5.69 Å². The number of benzene rings is 2. The maximum atomic E-state index is 13.5. The second-order valence-electron chi connectivity index (χ2n) is 8.61. The highest BCUT2D eigenvalue weighted by Gasteiger charge is 2.26. The van der Waals surface area contributed by atoms with E-state index in [1.165, 1.54) is 0 Å². The van der Waals surface area contributed by atoms with Crippen molar-refractivity contribution < 1.29 is 14.3 Å². The van der Waals surface area contributed by atoms with E-state index in [0.29, 0.717) is 50.1 Å². The Morgan fingerprint density at radius 1 is 1.12 bits per heavy atom. The molecule has 1 aliphatic heterocycles. The summed E-state index contributed by atoms with van der Waals surface area (Å²) in [7, 11) is 0. The summed E-state index contributed by atoms with van der Waals surface area (Å²) in [5.41, 5.74) is 4.73. The summed E-state index contributed by atoms with van der Waals surface area (Å²) in [5, 5.41) is 6.76. The van der Waals surface area contributed by atoms with E-state index in [1.54, 1.807) is 0 Å². The van der Waals surface area contributed by atoms with Gasteiger partial charge in [-0.3, -0.25) is 4.79 Å². The standard InChI is InChI=1S/C25H30N4O3/c1-16(2)15-26-25(31)27-20-14-17(3)13-19-21(18-7-5-4-6-8-18)23(28-22(19)20)24(30)29-9-11-32-12-10-29/h4-8,13-14,16,28H,9-12,15H2,1-3H3,(H2,26,27,31). The molecule has 4 rings (SSSR count). The van der Waals surface area contributed by atoms with E-state index in [0.717, 1.165) is 27.6 Å². The van der Waals surface area contributed by atoms with Crippen molar-refractivity contribution in [3.8, 4) is 11.1 Å². The zero-order chi connectivity index (χ0) is 22.7. The largest absolute Gasteiger partial charge is 0.378 e. The second kappa shape index (κ2) is 9.44. The number of morpholine rings is 1. The van der Waals surface area contributed by atoms with E-state index in [9.17, 15) is 9.59 Å². The lowest BCUT2D eigenvalue weighted by atomic mass is 9.99. The van der Waals surface area contributed by atoms with Crippen LogP contribution < -0.4 is 10.6 Å². The van der Waals surface area contributed by atoms with Crippen LogP contribution in [0.25, 0.3) is 22.0 Å². The molecule has 7 heteroatoms. The molecule has 168 valence electrons. The molecule has 3 aromatic rings. The number of ether oxygens (including phenoxy) is 1. The van der Waals surface area contributed by atoms with Gasteiger partial charge < -0.3 is 25.3 Å². The minimum atomic E-state index is -0.262. The van der Waals surface area contributed by atoms with Crippen LogP contribution in [0, 0.1) is 12.8 Å². The number of hydrogen-bond donors (Lipinski definition) is 3. The first-order valence-electron chi connectivity index (χ1n) is 11.1. The quantitative estimate of drug-likeness (QED) is 0.557. The smallest absolute Gasteiger partial charge is 0.319 e. The molecule has 2 heterocycles. The van der Waals surface area contributed by atoms with Gasteiger partial charge in [-0.15, -0.1) is 0 Å². The highest BCUT2D eigenvalue weighted by Crippen LogP contribution is 2.37. The lowest BCUT2D eigenvalue weighted by molar-refractivity contribution is 0.0300. The number of aromatic nitrogens is 1. The molecule has 0 spiro atoms. The Morgan fingerprint density at radius 3 is 2.53 bits per heavy atom. The van der Waals surface area contributed by atoms with Crippen LogP contribution in [0.5, 0.6) is 0 Å². The molecule has 1 aromatic heterocycles. The van der Waals surface area contributed by atoms with Crippen LogP contribution in [0.2, 0.25) is 0 Å². The van der Waals surface area contributed by atoms with E-state index in [-0.39, 0.29) is 11.9 Å². The molecule has 0 saturated carbocycles. The van der Waals surface area contributed by atoms with Gasteiger partial charge >= 0.3 is 6.03 Å². The van der Waals surface area contributed by atoms with E-state index < -0.39 is 0 Å². The van der Waals surface area contributed by atoms with Gasteiger partial charge in [0.2, 0.25) is 0 Å². The fraction of sp³-hybridized carbons (Fsp3) is 0.360. The first-order chi connectivity index (χ1) is 15.4. The number of H-pyrrole nitrogens is 1. The Labute approximate surface area is 188 Å². The number of aryl methyl sites for hydroxylation is 1. The van der Waals surface area contributed by atoms with Crippen LogP contribution in [0.3, 0.4) is 0 Å². The molecule has 1 aliphatic rings. The summed E-state index contributed by atoms with van der Waals surface area (Å²) in [5.74, 6) is 0.294. The Bertz CT molecular complexity index is 1120. The zero-order valence-corrected chi connectivity index (χ0v) is 18.8. The van der Waals surface area contributed by atoms with Crippen LogP contribution in [0.15, 0.2) is 42.5 Å². The van der Waals surface area contributed by atoms with Crippen LogP contribution in [-0.4, -0.2) is 54.7 Å². The van der Waals surface area contributed by atoms with Crippen LogP contribution in [0.4, 0.5) is 10.5 Å². The van der Waals surface area contributed by atoms with Crippen molar-refractivity contribution in [1.82, 2.24) is 15.2 Å². The number of anilines is 1. The maximum absolute atomic E-state index is 13.5. The van der Waals surface area contributed by atoms with E-state index in [1.807, 2.05) is 62.1 Å². The Morgan fingerprint density at radius 2 is 1.84 bits per heavy atom. The van der Waals surface area contributed by atoms with Crippen LogP contribution in [0.1, 0.15) is 29.9 Å². The second-order valence-corrected chi connectivity index (χ2v) is 8.61. The van der Waals surface area contributed by atoms with Crippen molar-refractivity contribution >= 4 is 28.5 Å². The number of nitrogens with one attached hydrogen (secondary N) is 3. The third-order valence-corrected chi connectivity index (χ3v) is 5.55. The van der Waals surface area contributed by atoms with Crippen molar-refractivity contribution in [3.05, 3.63) is 53.7 Å². The molecule has 0 atom stereocenters. The molecule has 1 saturated heterocycles. The molecule has 7 nitrogen and oxygen atoms in total. The van der Waals surface area contributed by atoms with Crippen molar-refractivity contribution in [1.29, 1.82) is 0 Å². The first-order valence-corrected chi connectivity index (χ1v) is 11.1. The SMILES string of the molecule is Cc1cc(NC(=O)NCC(C)C)c2[nH]c(C(=O)N3CCOCC3)c(-c3ccccc3)c2c1. The van der Waals surface area contributed by atoms with E-state index >= 15 is 0 Å². The number of fused-ring (bicyclic) bond motifs is 1. The number of nitrogens with zero attached hydrogens (tertiary/aromatic N) is 1. The minimum absolute atomic E-state index is 0.0591. The van der Waals surface area contributed by atoms with E-state index in [2.05, 4.69) is 21.7 Å². The van der Waals surface area contributed by atoms with Crippen molar-refractivity contribution in [2.45, 2.75) is 20.8 Å². The zero-order valence-electron chi connectivity index (χ0n) is 18.8. The molecular weight excluding hydrogens is 404 g/mol. The fourth-order valence-corrected chi connectivity index (χ4v) is 3.99. The van der Waals surface area contributed by atoms with Gasteiger partial charge in [-0.25, -0.2) is 4.79 Å². The molecular formula is C25H30N4O3. The number of amides is 3. The number of aromatic amines is 1. The van der Waals surface area contributed by atoms with Gasteiger partial charge in [-0.05, 0) is 36.1 Å². The number of urea groups is 1. The van der Waals surface area contributed by atoms with Crippen LogP contribution >= 0.6 is 0 Å². The van der Waals surface area contributed by atoms with Gasteiger partial charge in [0, 0.05) is 30.6 Å². The first kappa shape index (κ1) is 21.9. The molecule has 3 N–H and O–H groups in total. The highest BCUT2D eigenvalue weighted by molar-refractivity contribution is 6.13. The third kappa shape index (κ3) is 4.62. The predicted octanol–water partition coefficient (Wildman–Crippen LogP) is 4.39. The molecule has 0 bridgehead atoms. The monoisotopic (exact) mass is 434 g/mol. The lowest BCUT2D eigenvalue weighted by Gasteiger charge is -2.26. The molecule has 3 amide bonds. The molecule has 1 fully saturated rings. The van der Waals surface area contributed by atoms with Gasteiger partial charge in [-0.2, -0.15) is 0 Å². The highest BCUT2D eigenvalue weighted by atomic mass is 16.5. The summed E-state index contributed by atoms with van der Waals surface area (Å²) in [4.78, 5) is 31.2. The molecule has 0 unspecified atom stereocenters. The predicted molar refractivity (Wildman–Crippen MR) is 127 cm³/mol.